The third kappa shape index (κ3) is 3.38. The first-order valence-corrected chi connectivity index (χ1v) is 8.84. The highest BCUT2D eigenvalue weighted by atomic mass is 15.3. The number of aromatic nitrogens is 4. The van der Waals surface area contributed by atoms with Gasteiger partial charge in [-0.15, -0.1) is 5.10 Å². The number of nitrogens with one attached hydrogen (secondary N) is 1. The van der Waals surface area contributed by atoms with Gasteiger partial charge in [-0.1, -0.05) is 26.7 Å². The van der Waals surface area contributed by atoms with Gasteiger partial charge in [0.25, 0.3) is 0 Å². The van der Waals surface area contributed by atoms with Crippen LogP contribution in [0.5, 0.6) is 0 Å². The average molecular weight is 313 g/mol. The van der Waals surface area contributed by atoms with Gasteiger partial charge in [-0.25, -0.2) is 0 Å². The summed E-state index contributed by atoms with van der Waals surface area (Å²) in [6.07, 6.45) is 5.85. The van der Waals surface area contributed by atoms with E-state index in [1.54, 1.807) is 0 Å². The highest BCUT2D eigenvalue weighted by molar-refractivity contribution is 5.43. The molecule has 0 saturated heterocycles. The summed E-state index contributed by atoms with van der Waals surface area (Å²) in [5.41, 5.74) is 4.95. The minimum absolute atomic E-state index is 0.578. The lowest BCUT2D eigenvalue weighted by Crippen LogP contribution is -2.31. The molecular weight excluding hydrogens is 286 g/mol. The Labute approximate surface area is 138 Å². The molecule has 5 nitrogen and oxygen atoms in total. The van der Waals surface area contributed by atoms with Crippen molar-refractivity contribution in [3.63, 3.8) is 0 Å². The molecule has 0 fully saturated rings. The van der Waals surface area contributed by atoms with Crippen LogP contribution in [0.3, 0.4) is 0 Å². The van der Waals surface area contributed by atoms with Gasteiger partial charge in [0.05, 0.1) is 11.4 Å². The first kappa shape index (κ1) is 16.0. The standard InChI is InChI=1S/C18H27N5/c1-4-6-14(7-5-2)18-15-12-23(11-10-16(15)20-22-18)17-9-8-13(3)19-21-17/h8-9,14H,4-7,10-12H2,1-3H3,(H,20,22). The molecule has 124 valence electrons. The minimum atomic E-state index is 0.578. The molecule has 1 N–H and O–H groups in total. The predicted molar refractivity (Wildman–Crippen MR) is 92.7 cm³/mol. The lowest BCUT2D eigenvalue weighted by molar-refractivity contribution is 0.541. The highest BCUT2D eigenvalue weighted by Gasteiger charge is 2.26. The number of hydrogen-bond donors (Lipinski definition) is 1. The van der Waals surface area contributed by atoms with Crippen molar-refractivity contribution in [3.8, 4) is 0 Å². The quantitative estimate of drug-likeness (QED) is 0.882. The molecule has 0 amide bonds. The Kier molecular flexibility index (Phi) is 4.94. The van der Waals surface area contributed by atoms with E-state index in [0.29, 0.717) is 5.92 Å². The molecule has 0 unspecified atom stereocenters. The normalized spacial score (nSPS) is 14.3. The van der Waals surface area contributed by atoms with Crippen LogP contribution in [0, 0.1) is 6.92 Å². The second-order valence-corrected chi connectivity index (χ2v) is 6.54. The monoisotopic (exact) mass is 313 g/mol. The molecule has 0 bridgehead atoms. The molecule has 0 atom stereocenters. The van der Waals surface area contributed by atoms with E-state index in [1.807, 2.05) is 13.0 Å². The second-order valence-electron chi connectivity index (χ2n) is 6.54. The van der Waals surface area contributed by atoms with Gasteiger partial charge in [0.2, 0.25) is 0 Å². The van der Waals surface area contributed by atoms with Crippen molar-refractivity contribution < 1.29 is 0 Å². The number of aryl methyl sites for hydroxylation is 1. The summed E-state index contributed by atoms with van der Waals surface area (Å²) in [7, 11) is 0. The van der Waals surface area contributed by atoms with E-state index in [9.17, 15) is 0 Å². The van der Waals surface area contributed by atoms with Crippen LogP contribution in [0.1, 0.15) is 68.1 Å². The fraction of sp³-hybridized carbons (Fsp3) is 0.611. The molecule has 1 aliphatic rings. The maximum Gasteiger partial charge on any atom is 0.151 e. The lowest BCUT2D eigenvalue weighted by Gasteiger charge is -2.28. The van der Waals surface area contributed by atoms with Gasteiger partial charge in [0.1, 0.15) is 0 Å². The van der Waals surface area contributed by atoms with E-state index in [0.717, 1.165) is 31.0 Å². The summed E-state index contributed by atoms with van der Waals surface area (Å²) in [5.74, 6) is 1.55. The van der Waals surface area contributed by atoms with E-state index in [4.69, 9.17) is 0 Å². The van der Waals surface area contributed by atoms with Crippen LogP contribution >= 0.6 is 0 Å². The van der Waals surface area contributed by atoms with E-state index >= 15 is 0 Å². The van der Waals surface area contributed by atoms with Crippen LogP contribution in [0.15, 0.2) is 12.1 Å². The molecule has 0 aromatic carbocycles. The molecule has 0 aliphatic carbocycles. The zero-order chi connectivity index (χ0) is 16.2. The molecule has 2 aromatic rings. The molecular formula is C18H27N5. The van der Waals surface area contributed by atoms with Gasteiger partial charge in [-0.2, -0.15) is 10.2 Å². The molecule has 1 aliphatic heterocycles. The predicted octanol–water partition coefficient (Wildman–Crippen LogP) is 3.75. The van der Waals surface area contributed by atoms with Crippen LogP contribution in [-0.4, -0.2) is 26.9 Å². The van der Waals surface area contributed by atoms with Crippen LogP contribution in [0.25, 0.3) is 0 Å². The van der Waals surface area contributed by atoms with Crippen molar-refractivity contribution in [1.29, 1.82) is 0 Å². The van der Waals surface area contributed by atoms with Gasteiger partial charge in [0.15, 0.2) is 5.82 Å². The summed E-state index contributed by atoms with van der Waals surface area (Å²) in [6.45, 7) is 8.35. The van der Waals surface area contributed by atoms with Gasteiger partial charge in [-0.3, -0.25) is 5.10 Å². The summed E-state index contributed by atoms with van der Waals surface area (Å²) in [6, 6.07) is 4.10. The Hall–Kier alpha value is -1.91. The molecule has 0 spiro atoms. The number of anilines is 1. The van der Waals surface area contributed by atoms with Crippen molar-refractivity contribution in [3.05, 3.63) is 34.8 Å². The number of hydrogen-bond acceptors (Lipinski definition) is 4. The van der Waals surface area contributed by atoms with E-state index < -0.39 is 0 Å². The first-order chi connectivity index (χ1) is 11.2. The maximum absolute atomic E-state index is 4.69. The van der Waals surface area contributed by atoms with Crippen molar-refractivity contribution in [2.75, 3.05) is 11.4 Å². The van der Waals surface area contributed by atoms with Gasteiger partial charge < -0.3 is 4.90 Å². The molecule has 0 saturated carbocycles. The molecule has 3 rings (SSSR count). The summed E-state index contributed by atoms with van der Waals surface area (Å²) < 4.78 is 0. The lowest BCUT2D eigenvalue weighted by atomic mass is 9.90. The Balaban J connectivity index is 1.84. The Bertz CT molecular complexity index is 625. The SMILES string of the molecule is CCCC(CCC)c1n[nH]c2c1CN(c1ccc(C)nn1)CC2. The van der Waals surface area contributed by atoms with Crippen molar-refractivity contribution >= 4 is 5.82 Å². The van der Waals surface area contributed by atoms with Gasteiger partial charge in [0, 0.05) is 36.7 Å². The summed E-state index contributed by atoms with van der Waals surface area (Å²) in [5, 5.41) is 16.5. The number of H-pyrrole nitrogens is 1. The Morgan fingerprint density at radius 3 is 2.61 bits per heavy atom. The summed E-state index contributed by atoms with van der Waals surface area (Å²) >= 11 is 0. The van der Waals surface area contributed by atoms with E-state index in [2.05, 4.69) is 45.2 Å². The maximum atomic E-state index is 4.69. The second kappa shape index (κ2) is 7.11. The van der Waals surface area contributed by atoms with Crippen molar-refractivity contribution in [1.82, 2.24) is 20.4 Å². The fourth-order valence-corrected chi connectivity index (χ4v) is 3.53. The number of aromatic amines is 1. The average Bonchev–Trinajstić information content (AvgIpc) is 2.98. The first-order valence-electron chi connectivity index (χ1n) is 8.84. The zero-order valence-corrected chi connectivity index (χ0v) is 14.5. The number of nitrogens with zero attached hydrogens (tertiary/aromatic N) is 4. The highest BCUT2D eigenvalue weighted by Crippen LogP contribution is 2.32. The molecule has 2 aromatic heterocycles. The Morgan fingerprint density at radius 1 is 1.17 bits per heavy atom. The van der Waals surface area contributed by atoms with Crippen LogP contribution in [-0.2, 0) is 13.0 Å². The minimum Gasteiger partial charge on any atom is -0.350 e. The summed E-state index contributed by atoms with van der Waals surface area (Å²) in [4.78, 5) is 2.32. The molecule has 5 heteroatoms. The Morgan fingerprint density at radius 2 is 1.96 bits per heavy atom. The van der Waals surface area contributed by atoms with Crippen LogP contribution in [0.4, 0.5) is 5.82 Å². The molecule has 3 heterocycles. The van der Waals surface area contributed by atoms with E-state index in [1.165, 1.54) is 42.6 Å². The number of fused-ring (bicyclic) bond motifs is 1. The van der Waals surface area contributed by atoms with Gasteiger partial charge >= 0.3 is 0 Å². The van der Waals surface area contributed by atoms with Crippen molar-refractivity contribution in [2.45, 2.75) is 65.3 Å². The zero-order valence-electron chi connectivity index (χ0n) is 14.5. The van der Waals surface area contributed by atoms with Crippen LogP contribution < -0.4 is 4.90 Å². The third-order valence-corrected chi connectivity index (χ3v) is 4.73. The molecule has 0 radical (unpaired) electrons. The van der Waals surface area contributed by atoms with Gasteiger partial charge in [-0.05, 0) is 31.9 Å². The van der Waals surface area contributed by atoms with E-state index in [-0.39, 0.29) is 0 Å². The topological polar surface area (TPSA) is 57.7 Å². The third-order valence-electron chi connectivity index (χ3n) is 4.73. The van der Waals surface area contributed by atoms with Crippen LogP contribution in [0.2, 0.25) is 0 Å². The van der Waals surface area contributed by atoms with Crippen molar-refractivity contribution in [2.24, 2.45) is 0 Å². The molecule has 23 heavy (non-hydrogen) atoms. The largest absolute Gasteiger partial charge is 0.350 e. The fourth-order valence-electron chi connectivity index (χ4n) is 3.53. The number of rotatable bonds is 6. The smallest absolute Gasteiger partial charge is 0.151 e.